The molecule has 5 nitrogen and oxygen atoms in total. The van der Waals surface area contributed by atoms with Crippen LogP contribution in [-0.2, 0) is 6.54 Å². The van der Waals surface area contributed by atoms with Gasteiger partial charge in [-0.2, -0.15) is 4.68 Å². The molecule has 1 heterocycles. The van der Waals surface area contributed by atoms with E-state index in [0.29, 0.717) is 12.5 Å². The summed E-state index contributed by atoms with van der Waals surface area (Å²) in [4.78, 5) is 0. The Morgan fingerprint density at radius 1 is 1.26 bits per heavy atom. The summed E-state index contributed by atoms with van der Waals surface area (Å²) in [5, 5.41) is 15.2. The molecule has 2 aromatic rings. The molecule has 0 radical (unpaired) electrons. The van der Waals surface area contributed by atoms with Gasteiger partial charge in [0.15, 0.2) is 5.82 Å². The summed E-state index contributed by atoms with van der Waals surface area (Å²) in [6.07, 6.45) is 0. The number of tetrazole rings is 1. The lowest BCUT2D eigenvalue weighted by molar-refractivity contribution is 0.537. The van der Waals surface area contributed by atoms with Crippen LogP contribution in [0.15, 0.2) is 27.1 Å². The largest absolute Gasteiger partial charge is 0.310 e. The van der Waals surface area contributed by atoms with Crippen LogP contribution in [0.25, 0.3) is 5.69 Å². The second kappa shape index (κ2) is 6.58. The van der Waals surface area contributed by atoms with E-state index in [9.17, 15) is 0 Å². The summed E-state index contributed by atoms with van der Waals surface area (Å²) >= 11 is 7.05. The summed E-state index contributed by atoms with van der Waals surface area (Å²) in [6, 6.07) is 5.89. The molecule has 1 aromatic carbocycles. The van der Waals surface area contributed by atoms with Gasteiger partial charge in [0.25, 0.3) is 0 Å². The monoisotopic (exact) mass is 387 g/mol. The zero-order valence-electron chi connectivity index (χ0n) is 10.8. The van der Waals surface area contributed by atoms with Crippen LogP contribution in [0.3, 0.4) is 0 Å². The van der Waals surface area contributed by atoms with Crippen LogP contribution in [0.2, 0.25) is 0 Å². The first-order chi connectivity index (χ1) is 9.09. The third kappa shape index (κ3) is 3.61. The van der Waals surface area contributed by atoms with Gasteiger partial charge in [-0.25, -0.2) is 0 Å². The van der Waals surface area contributed by atoms with Crippen LogP contribution in [0.5, 0.6) is 0 Å². The maximum Gasteiger partial charge on any atom is 0.170 e. The molecule has 0 amide bonds. The Labute approximate surface area is 129 Å². The van der Waals surface area contributed by atoms with Crippen molar-refractivity contribution in [1.82, 2.24) is 25.5 Å². The van der Waals surface area contributed by atoms with Gasteiger partial charge in [-0.05, 0) is 66.9 Å². The molecule has 0 aliphatic carbocycles. The van der Waals surface area contributed by atoms with Gasteiger partial charge in [-0.1, -0.05) is 19.9 Å². The predicted octanol–water partition coefficient (Wildman–Crippen LogP) is 2.93. The van der Waals surface area contributed by atoms with E-state index in [-0.39, 0.29) is 0 Å². The minimum atomic E-state index is 0.597. The maximum atomic E-state index is 4.07. The fourth-order valence-corrected chi connectivity index (χ4v) is 2.99. The van der Waals surface area contributed by atoms with Crippen molar-refractivity contribution in [3.05, 3.63) is 33.0 Å². The van der Waals surface area contributed by atoms with E-state index in [1.54, 1.807) is 4.68 Å². The first kappa shape index (κ1) is 14.6. The molecule has 0 saturated carbocycles. The van der Waals surface area contributed by atoms with Gasteiger partial charge in [-0.15, -0.1) is 5.10 Å². The highest BCUT2D eigenvalue weighted by Crippen LogP contribution is 2.28. The SMILES string of the molecule is CC(C)CNCc1nnnn1-c1c(Br)cccc1Br. The number of hydrogen-bond acceptors (Lipinski definition) is 4. The quantitative estimate of drug-likeness (QED) is 0.855. The highest BCUT2D eigenvalue weighted by atomic mass is 79.9. The molecule has 1 aromatic heterocycles. The summed E-state index contributed by atoms with van der Waals surface area (Å²) in [5.41, 5.74) is 0.911. The fraction of sp³-hybridized carbons (Fsp3) is 0.417. The second-order valence-corrected chi connectivity index (χ2v) is 6.31. The highest BCUT2D eigenvalue weighted by molar-refractivity contribution is 9.11. The number of nitrogens with zero attached hydrogens (tertiary/aromatic N) is 4. The van der Waals surface area contributed by atoms with E-state index in [2.05, 4.69) is 66.5 Å². The lowest BCUT2D eigenvalue weighted by atomic mass is 10.2. The molecule has 0 aliphatic heterocycles. The Bertz CT molecular complexity index is 533. The number of aromatic nitrogens is 4. The topological polar surface area (TPSA) is 55.6 Å². The van der Waals surface area contributed by atoms with Gasteiger partial charge in [0.05, 0.1) is 12.2 Å². The number of halogens is 2. The van der Waals surface area contributed by atoms with Crippen LogP contribution < -0.4 is 5.32 Å². The average molecular weight is 389 g/mol. The van der Waals surface area contributed by atoms with Crippen molar-refractivity contribution in [2.75, 3.05) is 6.54 Å². The van der Waals surface area contributed by atoms with E-state index in [1.165, 1.54) is 0 Å². The molecule has 2 rings (SSSR count). The van der Waals surface area contributed by atoms with E-state index in [1.807, 2.05) is 18.2 Å². The Morgan fingerprint density at radius 2 is 1.95 bits per heavy atom. The van der Waals surface area contributed by atoms with E-state index in [4.69, 9.17) is 0 Å². The van der Waals surface area contributed by atoms with Gasteiger partial charge in [0, 0.05) is 8.95 Å². The fourth-order valence-electron chi connectivity index (χ4n) is 1.65. The minimum Gasteiger partial charge on any atom is -0.310 e. The molecular weight excluding hydrogens is 374 g/mol. The second-order valence-electron chi connectivity index (χ2n) is 4.60. The minimum absolute atomic E-state index is 0.597. The van der Waals surface area contributed by atoms with Gasteiger partial charge in [0.1, 0.15) is 0 Å². The number of nitrogens with one attached hydrogen (secondary N) is 1. The summed E-state index contributed by atoms with van der Waals surface area (Å²) in [7, 11) is 0. The standard InChI is InChI=1S/C12H15Br2N5/c1-8(2)6-15-7-11-16-17-18-19(11)12-9(13)4-3-5-10(12)14/h3-5,8,15H,6-7H2,1-2H3. The van der Waals surface area contributed by atoms with Crippen molar-refractivity contribution in [1.29, 1.82) is 0 Å². The molecule has 0 atom stereocenters. The van der Waals surface area contributed by atoms with Gasteiger partial charge in [0.2, 0.25) is 0 Å². The summed E-state index contributed by atoms with van der Waals surface area (Å²) in [6.45, 7) is 5.91. The van der Waals surface area contributed by atoms with Crippen molar-refractivity contribution in [2.45, 2.75) is 20.4 Å². The van der Waals surface area contributed by atoms with Crippen LogP contribution in [0, 0.1) is 5.92 Å². The summed E-state index contributed by atoms with van der Waals surface area (Å²) < 4.78 is 3.63. The first-order valence-corrected chi connectivity index (χ1v) is 7.60. The van der Waals surface area contributed by atoms with Crippen LogP contribution in [-0.4, -0.2) is 26.8 Å². The Morgan fingerprint density at radius 3 is 2.58 bits per heavy atom. The predicted molar refractivity (Wildman–Crippen MR) is 81.1 cm³/mol. The molecule has 0 saturated heterocycles. The molecule has 0 aliphatic rings. The Hall–Kier alpha value is -0.790. The lowest BCUT2D eigenvalue weighted by Gasteiger charge is -2.10. The van der Waals surface area contributed by atoms with Gasteiger partial charge < -0.3 is 5.32 Å². The molecule has 7 heteroatoms. The van der Waals surface area contributed by atoms with Crippen molar-refractivity contribution in [3.63, 3.8) is 0 Å². The molecule has 102 valence electrons. The van der Waals surface area contributed by atoms with Crippen LogP contribution >= 0.6 is 31.9 Å². The van der Waals surface area contributed by atoms with E-state index >= 15 is 0 Å². The molecule has 19 heavy (non-hydrogen) atoms. The molecule has 0 spiro atoms. The maximum absolute atomic E-state index is 4.07. The normalized spacial score (nSPS) is 11.2. The van der Waals surface area contributed by atoms with E-state index < -0.39 is 0 Å². The van der Waals surface area contributed by atoms with Crippen LogP contribution in [0.4, 0.5) is 0 Å². The zero-order valence-corrected chi connectivity index (χ0v) is 13.9. The number of para-hydroxylation sites is 1. The molecule has 0 bridgehead atoms. The van der Waals surface area contributed by atoms with Crippen molar-refractivity contribution in [3.8, 4) is 5.69 Å². The lowest BCUT2D eigenvalue weighted by Crippen LogP contribution is -2.21. The molecular formula is C12H15Br2N5. The third-order valence-corrected chi connectivity index (χ3v) is 3.80. The molecule has 0 fully saturated rings. The Balaban J connectivity index is 2.24. The third-order valence-electron chi connectivity index (χ3n) is 2.52. The highest BCUT2D eigenvalue weighted by Gasteiger charge is 2.13. The number of benzene rings is 1. The van der Waals surface area contributed by atoms with Crippen LogP contribution in [0.1, 0.15) is 19.7 Å². The smallest absolute Gasteiger partial charge is 0.170 e. The van der Waals surface area contributed by atoms with E-state index in [0.717, 1.165) is 27.0 Å². The Kier molecular flexibility index (Phi) is 5.06. The molecule has 1 N–H and O–H groups in total. The first-order valence-electron chi connectivity index (χ1n) is 6.02. The average Bonchev–Trinajstić information content (AvgIpc) is 2.77. The van der Waals surface area contributed by atoms with Crippen molar-refractivity contribution >= 4 is 31.9 Å². The zero-order chi connectivity index (χ0) is 13.8. The van der Waals surface area contributed by atoms with Gasteiger partial charge in [-0.3, -0.25) is 0 Å². The van der Waals surface area contributed by atoms with Crippen molar-refractivity contribution in [2.24, 2.45) is 5.92 Å². The number of rotatable bonds is 5. The van der Waals surface area contributed by atoms with Crippen molar-refractivity contribution < 1.29 is 0 Å². The van der Waals surface area contributed by atoms with Gasteiger partial charge >= 0.3 is 0 Å². The number of hydrogen-bond donors (Lipinski definition) is 1. The summed E-state index contributed by atoms with van der Waals surface area (Å²) in [5.74, 6) is 1.38. The molecule has 0 unspecified atom stereocenters.